The van der Waals surface area contributed by atoms with Crippen LogP contribution in [0.25, 0.3) is 0 Å². The smallest absolute Gasteiger partial charge is 0.264 e. The van der Waals surface area contributed by atoms with Crippen LogP contribution < -0.4 is 0 Å². The Morgan fingerprint density at radius 2 is 1.20 bits per heavy atom. The van der Waals surface area contributed by atoms with Crippen LogP contribution >= 0.6 is 0 Å². The topological polar surface area (TPSA) is 86.7 Å². The molecule has 0 heterocycles. The van der Waals surface area contributed by atoms with E-state index in [0.717, 1.165) is 25.4 Å². The van der Waals surface area contributed by atoms with Crippen molar-refractivity contribution in [2.45, 2.75) is 25.7 Å². The van der Waals surface area contributed by atoms with E-state index in [1.807, 2.05) is 12.2 Å². The molecule has 1 saturated carbocycles. The molecule has 2 rings (SSSR count). The number of rotatable bonds is 6. The van der Waals surface area contributed by atoms with Crippen LogP contribution in [-0.4, -0.2) is 42.6 Å². The van der Waals surface area contributed by atoms with Crippen molar-refractivity contribution in [2.75, 3.05) is 25.7 Å². The lowest BCUT2D eigenvalue weighted by Gasteiger charge is -2.60. The van der Waals surface area contributed by atoms with Crippen LogP contribution in [0.15, 0.2) is 12.2 Å². The molecule has 2 aliphatic carbocycles. The highest BCUT2D eigenvalue weighted by molar-refractivity contribution is 7.86. The summed E-state index contributed by atoms with van der Waals surface area (Å²) in [6, 6.07) is 0. The van der Waals surface area contributed by atoms with Gasteiger partial charge < -0.3 is 0 Å². The minimum absolute atomic E-state index is 0.0866. The molecule has 20 heavy (non-hydrogen) atoms. The highest BCUT2D eigenvalue weighted by atomic mass is 32.2. The van der Waals surface area contributed by atoms with Crippen LogP contribution in [-0.2, 0) is 28.6 Å². The largest absolute Gasteiger partial charge is 0.270 e. The lowest BCUT2D eigenvalue weighted by molar-refractivity contribution is -0.130. The summed E-state index contributed by atoms with van der Waals surface area (Å²) in [5.74, 6) is 0. The van der Waals surface area contributed by atoms with Crippen molar-refractivity contribution in [3.8, 4) is 0 Å². The SMILES string of the molecule is CS(=O)(=O)OC[C@@]12CC=CC[C@]1(COS(C)(=O)=O)CC2. The summed E-state index contributed by atoms with van der Waals surface area (Å²) in [5.41, 5.74) is -0.676. The monoisotopic (exact) mass is 324 g/mol. The average molecular weight is 324 g/mol. The van der Waals surface area contributed by atoms with Crippen molar-refractivity contribution in [3.63, 3.8) is 0 Å². The Morgan fingerprint density at radius 3 is 1.45 bits per heavy atom. The van der Waals surface area contributed by atoms with Gasteiger partial charge >= 0.3 is 0 Å². The maximum atomic E-state index is 11.2. The Bertz CT molecular complexity index is 552. The third-order valence-corrected chi connectivity index (χ3v) is 5.58. The molecule has 0 spiro atoms. The molecular weight excluding hydrogens is 304 g/mol. The Morgan fingerprint density at radius 1 is 0.850 bits per heavy atom. The fraction of sp³-hybridized carbons (Fsp3) is 0.833. The second-order valence-electron chi connectivity index (χ2n) is 5.87. The van der Waals surface area contributed by atoms with Crippen LogP contribution in [0.4, 0.5) is 0 Å². The second kappa shape index (κ2) is 5.08. The molecule has 0 aliphatic heterocycles. The Kier molecular flexibility index (Phi) is 4.05. The first-order valence-electron chi connectivity index (χ1n) is 6.41. The first-order chi connectivity index (χ1) is 9.08. The molecule has 0 amide bonds. The third-order valence-electron chi connectivity index (χ3n) is 4.49. The van der Waals surface area contributed by atoms with Gasteiger partial charge in [0.15, 0.2) is 0 Å². The first-order valence-corrected chi connectivity index (χ1v) is 10.0. The van der Waals surface area contributed by atoms with Crippen molar-refractivity contribution >= 4 is 20.2 Å². The van der Waals surface area contributed by atoms with Crippen LogP contribution in [0.5, 0.6) is 0 Å². The molecule has 8 heteroatoms. The van der Waals surface area contributed by atoms with Gasteiger partial charge in [-0.2, -0.15) is 16.8 Å². The minimum atomic E-state index is -3.50. The van der Waals surface area contributed by atoms with Crippen molar-refractivity contribution in [2.24, 2.45) is 10.8 Å². The molecule has 0 aromatic rings. The van der Waals surface area contributed by atoms with E-state index in [9.17, 15) is 16.8 Å². The van der Waals surface area contributed by atoms with E-state index in [0.29, 0.717) is 12.8 Å². The highest BCUT2D eigenvalue weighted by Gasteiger charge is 2.59. The van der Waals surface area contributed by atoms with Crippen molar-refractivity contribution in [1.29, 1.82) is 0 Å². The van der Waals surface area contributed by atoms with Gasteiger partial charge in [0.25, 0.3) is 20.2 Å². The molecule has 0 aromatic heterocycles. The fourth-order valence-electron chi connectivity index (χ4n) is 3.10. The Balaban J connectivity index is 2.15. The zero-order valence-electron chi connectivity index (χ0n) is 11.7. The van der Waals surface area contributed by atoms with Gasteiger partial charge in [0.2, 0.25) is 0 Å². The van der Waals surface area contributed by atoms with E-state index in [1.165, 1.54) is 0 Å². The van der Waals surface area contributed by atoms with E-state index in [2.05, 4.69) is 0 Å². The Labute approximate surface area is 120 Å². The summed E-state index contributed by atoms with van der Waals surface area (Å²) in [6.07, 6.45) is 9.07. The van der Waals surface area contributed by atoms with E-state index >= 15 is 0 Å². The molecule has 0 saturated heterocycles. The summed E-state index contributed by atoms with van der Waals surface area (Å²) < 4.78 is 54.8. The predicted octanol–water partition coefficient (Wildman–Crippen LogP) is 1.06. The summed E-state index contributed by atoms with van der Waals surface area (Å²) in [5, 5.41) is 0. The average Bonchev–Trinajstić information content (AvgIpc) is 2.26. The van der Waals surface area contributed by atoms with E-state index in [-0.39, 0.29) is 24.0 Å². The van der Waals surface area contributed by atoms with Gasteiger partial charge in [-0.1, -0.05) is 12.2 Å². The summed E-state index contributed by atoms with van der Waals surface area (Å²) in [6.45, 7) is 0.173. The van der Waals surface area contributed by atoms with Crippen LogP contribution in [0.2, 0.25) is 0 Å². The first kappa shape index (κ1) is 15.9. The number of hydrogen-bond acceptors (Lipinski definition) is 6. The van der Waals surface area contributed by atoms with Gasteiger partial charge in [-0.3, -0.25) is 8.37 Å². The van der Waals surface area contributed by atoms with E-state index in [4.69, 9.17) is 8.37 Å². The van der Waals surface area contributed by atoms with Crippen molar-refractivity contribution < 1.29 is 25.2 Å². The fourth-order valence-corrected chi connectivity index (χ4v) is 3.97. The predicted molar refractivity (Wildman–Crippen MR) is 74.1 cm³/mol. The summed E-state index contributed by atoms with van der Waals surface area (Å²) in [7, 11) is -7.01. The molecule has 0 aromatic carbocycles. The quantitative estimate of drug-likeness (QED) is 0.536. The zero-order valence-corrected chi connectivity index (χ0v) is 13.3. The maximum Gasteiger partial charge on any atom is 0.264 e. The van der Waals surface area contributed by atoms with Gasteiger partial charge in [0, 0.05) is 10.8 Å². The van der Waals surface area contributed by atoms with Gasteiger partial charge in [-0.05, 0) is 25.7 Å². The standard InChI is InChI=1S/C12H20O6S2/c1-19(13,14)17-9-11-5-3-4-6-12(11,8-7-11)10-18-20(2,15)16/h3-4H,5-10H2,1-2H3/t11-,12+. The van der Waals surface area contributed by atoms with Crippen LogP contribution in [0.1, 0.15) is 25.7 Å². The van der Waals surface area contributed by atoms with Gasteiger partial charge in [0.05, 0.1) is 25.7 Å². The van der Waals surface area contributed by atoms with E-state index < -0.39 is 20.2 Å². The summed E-state index contributed by atoms with van der Waals surface area (Å²) in [4.78, 5) is 0. The molecule has 1 fully saturated rings. The zero-order chi connectivity index (χ0) is 15.1. The third kappa shape index (κ3) is 3.24. The normalized spacial score (nSPS) is 33.5. The maximum absolute atomic E-state index is 11.2. The van der Waals surface area contributed by atoms with Gasteiger partial charge in [0.1, 0.15) is 0 Å². The lowest BCUT2D eigenvalue weighted by atomic mass is 9.46. The molecule has 0 radical (unpaired) electrons. The van der Waals surface area contributed by atoms with Crippen molar-refractivity contribution in [1.82, 2.24) is 0 Å². The molecule has 2 atom stereocenters. The highest BCUT2D eigenvalue weighted by Crippen LogP contribution is 2.63. The van der Waals surface area contributed by atoms with Crippen molar-refractivity contribution in [3.05, 3.63) is 12.2 Å². The molecule has 116 valence electrons. The number of fused-ring (bicyclic) bond motifs is 1. The van der Waals surface area contributed by atoms with Crippen LogP contribution in [0.3, 0.4) is 0 Å². The minimum Gasteiger partial charge on any atom is -0.270 e. The molecular formula is C12H20O6S2. The second-order valence-corrected chi connectivity index (χ2v) is 9.16. The molecule has 0 unspecified atom stereocenters. The molecule has 6 nitrogen and oxygen atoms in total. The van der Waals surface area contributed by atoms with E-state index in [1.54, 1.807) is 0 Å². The van der Waals surface area contributed by atoms with Crippen LogP contribution in [0, 0.1) is 10.8 Å². The number of allylic oxidation sites excluding steroid dienone is 2. The number of hydrogen-bond donors (Lipinski definition) is 0. The van der Waals surface area contributed by atoms with Gasteiger partial charge in [-0.15, -0.1) is 0 Å². The molecule has 0 N–H and O–H groups in total. The van der Waals surface area contributed by atoms with Gasteiger partial charge in [-0.25, -0.2) is 0 Å². The molecule has 0 bridgehead atoms. The summed E-state index contributed by atoms with van der Waals surface area (Å²) >= 11 is 0. The Hall–Kier alpha value is -0.440. The molecule has 2 aliphatic rings. The lowest BCUT2D eigenvalue weighted by Crippen LogP contribution is -2.57.